The van der Waals surface area contributed by atoms with E-state index < -0.39 is 70.7 Å². The summed E-state index contributed by atoms with van der Waals surface area (Å²) in [5, 5.41) is 6.46. The SMILES string of the molecule is [2H]C([2H])(Oc1nc2c3c(nc(-c4c(C(F)(F)F)c(C)cc5[nH]ncc45)c(F)c3n1)OC[C@H](C)N2[C@H](C)c1cccnc1N)[C@@]12CCCN1C[C@H](F)C2. The predicted octanol–water partition coefficient (Wildman–Crippen LogP) is 6.32. The molecule has 0 amide bonds. The number of aryl methyl sites for hydroxylation is 1. The highest BCUT2D eigenvalue weighted by atomic mass is 19.4. The molecule has 8 rings (SSSR count). The molecule has 0 aliphatic carbocycles. The molecule has 1 aromatic carbocycles. The fourth-order valence-electron chi connectivity index (χ4n) is 7.83. The van der Waals surface area contributed by atoms with E-state index in [1.165, 1.54) is 19.2 Å². The van der Waals surface area contributed by atoms with Crippen molar-refractivity contribution in [3.63, 3.8) is 0 Å². The quantitative estimate of drug-likeness (QED) is 0.195. The first-order chi connectivity index (χ1) is 24.6. The molecule has 0 saturated carbocycles. The molecule has 3 aliphatic rings. The van der Waals surface area contributed by atoms with Crippen molar-refractivity contribution in [1.29, 1.82) is 0 Å². The first kappa shape index (κ1) is 30.0. The Labute approximate surface area is 285 Å². The van der Waals surface area contributed by atoms with Gasteiger partial charge in [0, 0.05) is 35.7 Å². The number of halogens is 5. The molecule has 2 fully saturated rings. The lowest BCUT2D eigenvalue weighted by Gasteiger charge is -2.35. The Hall–Kier alpha value is -4.86. The monoisotopic (exact) mass is 697 g/mol. The van der Waals surface area contributed by atoms with Crippen molar-refractivity contribution in [2.24, 2.45) is 0 Å². The van der Waals surface area contributed by atoms with Gasteiger partial charge in [-0.3, -0.25) is 10.00 Å². The molecule has 5 aromatic rings. The van der Waals surface area contributed by atoms with Crippen LogP contribution < -0.4 is 20.1 Å². The molecular weight excluding hydrogens is 661 g/mol. The first-order valence-corrected chi connectivity index (χ1v) is 16.3. The second-order valence-corrected chi connectivity index (χ2v) is 13.2. The van der Waals surface area contributed by atoms with Gasteiger partial charge in [-0.1, -0.05) is 6.07 Å². The lowest BCUT2D eigenvalue weighted by atomic mass is 9.94. The zero-order valence-electron chi connectivity index (χ0n) is 29.3. The summed E-state index contributed by atoms with van der Waals surface area (Å²) < 4.78 is 107. The zero-order valence-corrected chi connectivity index (χ0v) is 27.3. The molecule has 2 saturated heterocycles. The van der Waals surface area contributed by atoms with E-state index in [1.807, 2.05) is 6.92 Å². The molecule has 4 aromatic heterocycles. The molecule has 3 N–H and O–H groups in total. The summed E-state index contributed by atoms with van der Waals surface area (Å²) in [5.74, 6) is -1.24. The van der Waals surface area contributed by atoms with E-state index in [2.05, 4.69) is 30.1 Å². The van der Waals surface area contributed by atoms with Crippen LogP contribution in [0.15, 0.2) is 30.6 Å². The summed E-state index contributed by atoms with van der Waals surface area (Å²) in [7, 11) is 0. The van der Waals surface area contributed by atoms with Gasteiger partial charge in [0.25, 0.3) is 0 Å². The van der Waals surface area contributed by atoms with Gasteiger partial charge in [0.1, 0.15) is 47.6 Å². The van der Waals surface area contributed by atoms with Crippen molar-refractivity contribution >= 4 is 33.4 Å². The maximum atomic E-state index is 17.3. The summed E-state index contributed by atoms with van der Waals surface area (Å²) in [6.07, 6.45) is -2.73. The normalized spacial score (nSPS) is 23.8. The third kappa shape index (κ3) is 5.05. The number of alkyl halides is 4. The van der Waals surface area contributed by atoms with Gasteiger partial charge in [0.2, 0.25) is 5.88 Å². The number of aromatic nitrogens is 6. The summed E-state index contributed by atoms with van der Waals surface area (Å²) in [4.78, 5) is 21.0. The Balaban J connectivity index is 1.40. The van der Waals surface area contributed by atoms with Gasteiger partial charge in [-0.2, -0.15) is 28.2 Å². The van der Waals surface area contributed by atoms with Crippen LogP contribution in [-0.4, -0.2) is 79.0 Å². The maximum Gasteiger partial charge on any atom is 0.417 e. The van der Waals surface area contributed by atoms with Crippen molar-refractivity contribution in [1.82, 2.24) is 35.0 Å². The number of aromatic amines is 1. The molecule has 0 radical (unpaired) electrons. The van der Waals surface area contributed by atoms with E-state index >= 15 is 4.39 Å². The van der Waals surface area contributed by atoms with E-state index in [0.29, 0.717) is 24.9 Å². The number of ether oxygens (including phenoxy) is 2. The van der Waals surface area contributed by atoms with E-state index in [1.54, 1.807) is 28.9 Å². The predicted molar refractivity (Wildman–Crippen MR) is 175 cm³/mol. The highest BCUT2D eigenvalue weighted by molar-refractivity contribution is 6.02. The van der Waals surface area contributed by atoms with Crippen molar-refractivity contribution in [2.45, 2.75) is 70.0 Å². The number of nitrogens with two attached hydrogens (primary N) is 1. The molecule has 11 nitrogen and oxygen atoms in total. The van der Waals surface area contributed by atoms with Crippen molar-refractivity contribution in [3.8, 4) is 23.1 Å². The van der Waals surface area contributed by atoms with Crippen molar-refractivity contribution in [2.75, 3.05) is 36.9 Å². The van der Waals surface area contributed by atoms with Crippen LogP contribution in [0.5, 0.6) is 11.9 Å². The number of benzene rings is 1. The van der Waals surface area contributed by atoms with Crippen LogP contribution >= 0.6 is 0 Å². The molecule has 0 bridgehead atoms. The van der Waals surface area contributed by atoms with E-state index in [-0.39, 0.29) is 58.9 Å². The number of pyridine rings is 2. The van der Waals surface area contributed by atoms with Crippen LogP contribution in [0.2, 0.25) is 0 Å². The topological polar surface area (TPSA) is 131 Å². The van der Waals surface area contributed by atoms with Gasteiger partial charge >= 0.3 is 12.2 Å². The smallest absolute Gasteiger partial charge is 0.417 e. The molecule has 4 atom stereocenters. The van der Waals surface area contributed by atoms with Crippen LogP contribution in [-0.2, 0) is 6.18 Å². The maximum absolute atomic E-state index is 17.3. The Morgan fingerprint density at radius 2 is 2.10 bits per heavy atom. The number of H-pyrrole nitrogens is 1. The highest BCUT2D eigenvalue weighted by Crippen LogP contribution is 2.48. The molecule has 262 valence electrons. The minimum absolute atomic E-state index is 0.0221. The fourth-order valence-corrected chi connectivity index (χ4v) is 7.83. The Bertz CT molecular complexity index is 2240. The number of nitrogen functional groups attached to an aromatic ring is 1. The molecule has 50 heavy (non-hydrogen) atoms. The number of nitrogens with zero attached hydrogens (tertiary/aromatic N) is 7. The number of fused-ring (bicyclic) bond motifs is 2. The lowest BCUT2D eigenvalue weighted by molar-refractivity contribution is -0.137. The van der Waals surface area contributed by atoms with Crippen LogP contribution in [0.4, 0.5) is 33.6 Å². The standard InChI is InChI=1S/C34H34F5N9O2/c1-16-10-22-21(12-42-46-22)23(25(16)34(37,38)39)27-26(36)28-24-30(45-32(44-28)50-15-33-7-5-9-47(33)13-19(35)11-33)48(17(2)14-49-31(24)43-27)18(3)20-6-4-8-41-29(20)40/h4,6,8,10,12,17-19H,5,7,9,11,13-15H2,1-3H3,(H2,40,41)(H,42,46)/t17-,18+,19+,33-/m0/s1/i15D2. The third-order valence-corrected chi connectivity index (χ3v) is 10.0. The number of nitrogens with one attached hydrogen (secondary N) is 1. The molecule has 0 unspecified atom stereocenters. The lowest BCUT2D eigenvalue weighted by Crippen LogP contribution is -2.43. The summed E-state index contributed by atoms with van der Waals surface area (Å²) >= 11 is 0. The molecule has 16 heteroatoms. The second-order valence-electron chi connectivity index (χ2n) is 13.2. The zero-order chi connectivity index (χ0) is 36.9. The summed E-state index contributed by atoms with van der Waals surface area (Å²) in [6, 6.07) is 3.01. The molecule has 3 aliphatic heterocycles. The van der Waals surface area contributed by atoms with Crippen LogP contribution in [0.3, 0.4) is 0 Å². The summed E-state index contributed by atoms with van der Waals surface area (Å²) in [6.45, 7) is 2.75. The van der Waals surface area contributed by atoms with Crippen LogP contribution in [0.1, 0.15) is 58.6 Å². The number of hydrogen-bond acceptors (Lipinski definition) is 10. The van der Waals surface area contributed by atoms with E-state index in [9.17, 15) is 17.6 Å². The Morgan fingerprint density at radius 1 is 1.28 bits per heavy atom. The Kier molecular flexibility index (Phi) is 6.96. The van der Waals surface area contributed by atoms with E-state index in [0.717, 1.165) is 6.20 Å². The van der Waals surface area contributed by atoms with Gasteiger partial charge in [-0.25, -0.2) is 18.7 Å². The minimum atomic E-state index is -4.92. The van der Waals surface area contributed by atoms with Gasteiger partial charge in [-0.05, 0) is 57.9 Å². The van der Waals surface area contributed by atoms with Gasteiger partial charge in [0.05, 0.1) is 37.6 Å². The fraction of sp³-hybridized carbons (Fsp3) is 0.441. The molecule has 7 heterocycles. The van der Waals surface area contributed by atoms with Gasteiger partial charge in [-0.15, -0.1) is 0 Å². The number of rotatable bonds is 6. The molecule has 0 spiro atoms. The average molecular weight is 698 g/mol. The summed E-state index contributed by atoms with van der Waals surface area (Å²) in [5.41, 5.74) is 2.65. The largest absolute Gasteiger partial charge is 0.475 e. The van der Waals surface area contributed by atoms with Gasteiger partial charge < -0.3 is 20.1 Å². The van der Waals surface area contributed by atoms with Crippen molar-refractivity contribution in [3.05, 3.63) is 53.1 Å². The minimum Gasteiger partial charge on any atom is -0.475 e. The number of hydrogen-bond donors (Lipinski definition) is 2. The molecular formula is C34H34F5N9O2. The first-order valence-electron chi connectivity index (χ1n) is 17.3. The van der Waals surface area contributed by atoms with Crippen LogP contribution in [0.25, 0.3) is 33.1 Å². The average Bonchev–Trinajstić information content (AvgIpc) is 3.76. The van der Waals surface area contributed by atoms with Gasteiger partial charge in [0.15, 0.2) is 5.82 Å². The third-order valence-electron chi connectivity index (χ3n) is 10.0. The highest BCUT2D eigenvalue weighted by Gasteiger charge is 2.49. The van der Waals surface area contributed by atoms with Crippen molar-refractivity contribution < 1.29 is 34.2 Å². The second kappa shape index (κ2) is 11.6. The van der Waals surface area contributed by atoms with E-state index in [4.69, 9.17) is 17.9 Å². The van der Waals surface area contributed by atoms with Crippen LogP contribution in [0, 0.1) is 12.7 Å². The Morgan fingerprint density at radius 3 is 2.88 bits per heavy atom. The number of anilines is 2.